The van der Waals surface area contributed by atoms with E-state index in [4.69, 9.17) is 4.74 Å². The van der Waals surface area contributed by atoms with Crippen molar-refractivity contribution in [1.82, 2.24) is 9.97 Å². The van der Waals surface area contributed by atoms with Gasteiger partial charge in [0.05, 0.1) is 12.6 Å². The molecule has 0 saturated heterocycles. The molecule has 2 N–H and O–H groups in total. The Kier molecular flexibility index (Phi) is 6.03. The van der Waals surface area contributed by atoms with Crippen LogP contribution in [0.25, 0.3) is 10.9 Å². The van der Waals surface area contributed by atoms with E-state index >= 15 is 0 Å². The van der Waals surface area contributed by atoms with Gasteiger partial charge in [0.25, 0.3) is 0 Å². The van der Waals surface area contributed by atoms with Gasteiger partial charge in [0.2, 0.25) is 5.95 Å². The standard InChI is InChI=1S/C24H23FN4O/c1-30-20-12-8-17(9-13-20)14-15-26-24-28-22-5-3-2-4-21(22)23(29-24)27-16-18-6-10-19(25)11-7-18/h2-13H,14-16H2,1H3,(H2,26,27,28,29). The van der Waals surface area contributed by atoms with Gasteiger partial charge in [0.15, 0.2) is 0 Å². The van der Waals surface area contributed by atoms with E-state index in [1.54, 1.807) is 19.2 Å². The molecule has 30 heavy (non-hydrogen) atoms. The summed E-state index contributed by atoms with van der Waals surface area (Å²) in [6.45, 7) is 1.26. The lowest BCUT2D eigenvalue weighted by atomic mass is 10.1. The van der Waals surface area contributed by atoms with Crippen LogP contribution in [0.3, 0.4) is 0 Å². The van der Waals surface area contributed by atoms with Gasteiger partial charge in [0, 0.05) is 18.5 Å². The first-order valence-electron chi connectivity index (χ1n) is 9.83. The molecule has 0 spiro atoms. The number of benzene rings is 3. The zero-order valence-electron chi connectivity index (χ0n) is 16.7. The smallest absolute Gasteiger partial charge is 0.225 e. The van der Waals surface area contributed by atoms with Gasteiger partial charge in [-0.15, -0.1) is 0 Å². The fraction of sp³-hybridized carbons (Fsp3) is 0.167. The topological polar surface area (TPSA) is 59.1 Å². The van der Waals surface area contributed by atoms with Crippen LogP contribution in [0.1, 0.15) is 11.1 Å². The monoisotopic (exact) mass is 402 g/mol. The van der Waals surface area contributed by atoms with E-state index in [-0.39, 0.29) is 5.82 Å². The van der Waals surface area contributed by atoms with Gasteiger partial charge in [0.1, 0.15) is 17.4 Å². The molecule has 0 amide bonds. The summed E-state index contributed by atoms with van der Waals surface area (Å²) in [6.07, 6.45) is 0.846. The quantitative estimate of drug-likeness (QED) is 0.432. The van der Waals surface area contributed by atoms with Crippen molar-refractivity contribution >= 4 is 22.7 Å². The normalized spacial score (nSPS) is 10.7. The van der Waals surface area contributed by atoms with Gasteiger partial charge in [-0.3, -0.25) is 0 Å². The zero-order valence-corrected chi connectivity index (χ0v) is 16.7. The maximum absolute atomic E-state index is 13.1. The largest absolute Gasteiger partial charge is 0.497 e. The Labute approximate surface area is 175 Å². The summed E-state index contributed by atoms with van der Waals surface area (Å²) < 4.78 is 18.3. The van der Waals surface area contributed by atoms with Gasteiger partial charge in [-0.25, -0.2) is 9.37 Å². The van der Waals surface area contributed by atoms with Gasteiger partial charge < -0.3 is 15.4 Å². The fourth-order valence-electron chi connectivity index (χ4n) is 3.19. The van der Waals surface area contributed by atoms with Gasteiger partial charge >= 0.3 is 0 Å². The predicted octanol–water partition coefficient (Wildman–Crippen LogP) is 5.04. The summed E-state index contributed by atoms with van der Waals surface area (Å²) in [5.41, 5.74) is 3.05. The Hall–Kier alpha value is -3.67. The number of hydrogen-bond donors (Lipinski definition) is 2. The molecule has 1 aromatic heterocycles. The highest BCUT2D eigenvalue weighted by atomic mass is 19.1. The number of nitrogens with one attached hydrogen (secondary N) is 2. The highest BCUT2D eigenvalue weighted by Crippen LogP contribution is 2.22. The molecule has 152 valence electrons. The summed E-state index contributed by atoms with van der Waals surface area (Å²) in [5.74, 6) is 1.93. The number of para-hydroxylation sites is 1. The molecule has 0 saturated carbocycles. The molecular weight excluding hydrogens is 379 g/mol. The highest BCUT2D eigenvalue weighted by molar-refractivity contribution is 5.90. The van der Waals surface area contributed by atoms with Crippen LogP contribution in [0.2, 0.25) is 0 Å². The van der Waals surface area contributed by atoms with Crippen molar-refractivity contribution < 1.29 is 9.13 Å². The number of halogens is 1. The van der Waals surface area contributed by atoms with E-state index in [2.05, 4.69) is 32.7 Å². The van der Waals surface area contributed by atoms with E-state index in [0.717, 1.165) is 34.5 Å². The molecule has 4 rings (SSSR count). The molecule has 0 fully saturated rings. The molecule has 3 aromatic carbocycles. The van der Waals surface area contributed by atoms with Crippen LogP contribution in [-0.4, -0.2) is 23.6 Å². The average molecular weight is 402 g/mol. The highest BCUT2D eigenvalue weighted by Gasteiger charge is 2.08. The Morgan fingerprint density at radius 2 is 1.57 bits per heavy atom. The van der Waals surface area contributed by atoms with Crippen LogP contribution in [-0.2, 0) is 13.0 Å². The second-order valence-corrected chi connectivity index (χ2v) is 6.92. The lowest BCUT2D eigenvalue weighted by molar-refractivity contribution is 0.414. The number of rotatable bonds is 8. The van der Waals surface area contributed by atoms with Crippen LogP contribution < -0.4 is 15.4 Å². The molecule has 1 heterocycles. The third kappa shape index (κ3) is 4.84. The minimum Gasteiger partial charge on any atom is -0.497 e. The number of hydrogen-bond acceptors (Lipinski definition) is 5. The van der Waals surface area contributed by atoms with Gasteiger partial charge in [-0.2, -0.15) is 4.98 Å². The number of anilines is 2. The van der Waals surface area contributed by atoms with E-state index in [9.17, 15) is 4.39 Å². The molecule has 0 unspecified atom stereocenters. The summed E-state index contributed by atoms with van der Waals surface area (Å²) in [5, 5.41) is 7.62. The second kappa shape index (κ2) is 9.22. The molecular formula is C24H23FN4O. The molecule has 5 nitrogen and oxygen atoms in total. The Morgan fingerprint density at radius 1 is 0.833 bits per heavy atom. The molecule has 0 atom stereocenters. The van der Waals surface area contributed by atoms with Crippen molar-refractivity contribution in [2.45, 2.75) is 13.0 Å². The van der Waals surface area contributed by atoms with Crippen molar-refractivity contribution in [2.75, 3.05) is 24.3 Å². The van der Waals surface area contributed by atoms with E-state index in [1.807, 2.05) is 36.4 Å². The number of aromatic nitrogens is 2. The number of fused-ring (bicyclic) bond motifs is 1. The van der Waals surface area contributed by atoms with Crippen molar-refractivity contribution in [3.05, 3.63) is 89.7 Å². The van der Waals surface area contributed by atoms with E-state index in [0.29, 0.717) is 19.0 Å². The lowest BCUT2D eigenvalue weighted by Crippen LogP contribution is -2.10. The summed E-state index contributed by atoms with van der Waals surface area (Å²) in [7, 11) is 1.66. The minimum absolute atomic E-state index is 0.241. The molecule has 0 bridgehead atoms. The molecule has 6 heteroatoms. The maximum atomic E-state index is 13.1. The van der Waals surface area contributed by atoms with Crippen LogP contribution in [0.5, 0.6) is 5.75 Å². The maximum Gasteiger partial charge on any atom is 0.225 e. The third-order valence-corrected chi connectivity index (χ3v) is 4.83. The SMILES string of the molecule is COc1ccc(CCNc2nc(NCc3ccc(F)cc3)c3ccccc3n2)cc1. The van der Waals surface area contributed by atoms with Crippen LogP contribution in [0.4, 0.5) is 16.2 Å². The first kappa shape index (κ1) is 19.6. The van der Waals surface area contributed by atoms with Crippen LogP contribution in [0, 0.1) is 5.82 Å². The first-order chi connectivity index (χ1) is 14.7. The molecule has 0 aliphatic heterocycles. The molecule has 0 aliphatic rings. The Bertz CT molecular complexity index is 1110. The van der Waals surface area contributed by atoms with Crippen LogP contribution >= 0.6 is 0 Å². The number of methoxy groups -OCH3 is 1. The van der Waals surface area contributed by atoms with Crippen molar-refractivity contribution in [2.24, 2.45) is 0 Å². The number of ether oxygens (including phenoxy) is 1. The zero-order chi connectivity index (χ0) is 20.8. The number of nitrogens with zero attached hydrogens (tertiary/aromatic N) is 2. The van der Waals surface area contributed by atoms with Crippen molar-refractivity contribution in [1.29, 1.82) is 0 Å². The second-order valence-electron chi connectivity index (χ2n) is 6.92. The fourth-order valence-corrected chi connectivity index (χ4v) is 3.19. The molecule has 4 aromatic rings. The first-order valence-corrected chi connectivity index (χ1v) is 9.83. The Morgan fingerprint density at radius 3 is 2.33 bits per heavy atom. The molecule has 0 aliphatic carbocycles. The summed E-state index contributed by atoms with van der Waals surface area (Å²) >= 11 is 0. The van der Waals surface area contributed by atoms with Crippen molar-refractivity contribution in [3.8, 4) is 5.75 Å². The predicted molar refractivity (Wildman–Crippen MR) is 118 cm³/mol. The lowest BCUT2D eigenvalue weighted by Gasteiger charge is -2.12. The summed E-state index contributed by atoms with van der Waals surface area (Å²) in [4.78, 5) is 9.29. The summed E-state index contributed by atoms with van der Waals surface area (Å²) in [6, 6.07) is 22.3. The third-order valence-electron chi connectivity index (χ3n) is 4.83. The van der Waals surface area contributed by atoms with Gasteiger partial charge in [-0.05, 0) is 53.9 Å². The van der Waals surface area contributed by atoms with E-state index in [1.165, 1.54) is 17.7 Å². The van der Waals surface area contributed by atoms with E-state index < -0.39 is 0 Å². The Balaban J connectivity index is 1.46. The minimum atomic E-state index is -0.241. The average Bonchev–Trinajstić information content (AvgIpc) is 2.79. The molecule has 0 radical (unpaired) electrons. The van der Waals surface area contributed by atoms with Crippen molar-refractivity contribution in [3.63, 3.8) is 0 Å². The van der Waals surface area contributed by atoms with Crippen LogP contribution in [0.15, 0.2) is 72.8 Å². The van der Waals surface area contributed by atoms with Gasteiger partial charge in [-0.1, -0.05) is 36.4 Å².